The highest BCUT2D eigenvalue weighted by Gasteiger charge is 2.15. The van der Waals surface area contributed by atoms with Gasteiger partial charge in [0, 0.05) is 5.56 Å². The van der Waals surface area contributed by atoms with Gasteiger partial charge in [-0.3, -0.25) is 9.59 Å². The standard InChI is InChI=1S/C16H15NO4/c1-9-6-4-5-7-12(9)15(19)17-14-8-13(10(2)18)11(3)21-16(14)20/h4-8H,1-3H3,(H,17,19). The van der Waals surface area contributed by atoms with Crippen LogP contribution >= 0.6 is 0 Å². The van der Waals surface area contributed by atoms with Gasteiger partial charge in [0.25, 0.3) is 5.91 Å². The molecule has 108 valence electrons. The third-order valence-electron chi connectivity index (χ3n) is 3.15. The molecule has 2 rings (SSSR count). The Labute approximate surface area is 121 Å². The van der Waals surface area contributed by atoms with Crippen LogP contribution in [-0.2, 0) is 0 Å². The summed E-state index contributed by atoms with van der Waals surface area (Å²) in [5.41, 5.74) is 0.799. The molecule has 0 radical (unpaired) electrons. The van der Waals surface area contributed by atoms with E-state index in [0.717, 1.165) is 5.56 Å². The monoisotopic (exact) mass is 285 g/mol. The maximum absolute atomic E-state index is 12.2. The Hall–Kier alpha value is -2.69. The molecular formula is C16H15NO4. The zero-order valence-corrected chi connectivity index (χ0v) is 12.0. The molecule has 1 heterocycles. The van der Waals surface area contributed by atoms with E-state index in [0.29, 0.717) is 5.56 Å². The summed E-state index contributed by atoms with van der Waals surface area (Å²) in [5, 5.41) is 2.49. The minimum atomic E-state index is -0.681. The van der Waals surface area contributed by atoms with Gasteiger partial charge in [-0.15, -0.1) is 0 Å². The third kappa shape index (κ3) is 3.08. The molecule has 0 aliphatic rings. The molecule has 0 saturated heterocycles. The Kier molecular flexibility index (Phi) is 4.03. The highest BCUT2D eigenvalue weighted by atomic mass is 16.4. The van der Waals surface area contributed by atoms with Crippen LogP contribution in [0.3, 0.4) is 0 Å². The Morgan fingerprint density at radius 2 is 1.76 bits per heavy atom. The van der Waals surface area contributed by atoms with Gasteiger partial charge in [0.15, 0.2) is 5.78 Å². The van der Waals surface area contributed by atoms with Gasteiger partial charge < -0.3 is 9.73 Å². The number of anilines is 1. The second kappa shape index (κ2) is 5.75. The molecule has 1 amide bonds. The van der Waals surface area contributed by atoms with E-state index in [1.165, 1.54) is 19.9 Å². The number of benzene rings is 1. The van der Waals surface area contributed by atoms with E-state index in [2.05, 4.69) is 5.32 Å². The predicted octanol–water partition coefficient (Wildman–Crippen LogP) is 2.71. The number of carbonyl (C=O) groups excluding carboxylic acids is 2. The van der Waals surface area contributed by atoms with Crippen LogP contribution in [0.1, 0.15) is 39.0 Å². The van der Waals surface area contributed by atoms with Crippen molar-refractivity contribution in [2.45, 2.75) is 20.8 Å². The smallest absolute Gasteiger partial charge is 0.359 e. The minimum Gasteiger partial charge on any atom is -0.426 e. The molecule has 0 atom stereocenters. The summed E-state index contributed by atoms with van der Waals surface area (Å²) >= 11 is 0. The van der Waals surface area contributed by atoms with Crippen molar-refractivity contribution in [1.29, 1.82) is 0 Å². The number of Topliss-reactive ketones (excluding diaryl/α,β-unsaturated/α-hetero) is 1. The van der Waals surface area contributed by atoms with Crippen LogP contribution in [-0.4, -0.2) is 11.7 Å². The van der Waals surface area contributed by atoms with Crippen molar-refractivity contribution in [3.63, 3.8) is 0 Å². The second-order valence-electron chi connectivity index (χ2n) is 4.74. The number of rotatable bonds is 3. The van der Waals surface area contributed by atoms with Crippen molar-refractivity contribution in [3.8, 4) is 0 Å². The van der Waals surface area contributed by atoms with E-state index in [1.54, 1.807) is 25.1 Å². The van der Waals surface area contributed by atoms with Crippen LogP contribution in [0.5, 0.6) is 0 Å². The topological polar surface area (TPSA) is 76.4 Å². The van der Waals surface area contributed by atoms with Gasteiger partial charge in [0.05, 0.1) is 5.56 Å². The molecule has 5 nitrogen and oxygen atoms in total. The molecule has 2 aromatic rings. The lowest BCUT2D eigenvalue weighted by molar-refractivity contribution is 0.100. The largest absolute Gasteiger partial charge is 0.426 e. The first-order valence-electron chi connectivity index (χ1n) is 6.43. The molecule has 0 fully saturated rings. The van der Waals surface area contributed by atoms with Crippen molar-refractivity contribution in [2.24, 2.45) is 0 Å². The highest BCUT2D eigenvalue weighted by molar-refractivity contribution is 6.05. The lowest BCUT2D eigenvalue weighted by Crippen LogP contribution is -2.20. The van der Waals surface area contributed by atoms with Gasteiger partial charge in [-0.2, -0.15) is 0 Å². The first-order chi connectivity index (χ1) is 9.90. The normalized spacial score (nSPS) is 10.2. The molecule has 0 bridgehead atoms. The molecule has 21 heavy (non-hydrogen) atoms. The molecule has 1 aromatic heterocycles. The van der Waals surface area contributed by atoms with Crippen molar-refractivity contribution in [3.05, 3.63) is 63.2 Å². The predicted molar refractivity (Wildman–Crippen MR) is 78.9 cm³/mol. The number of carbonyl (C=O) groups is 2. The molecule has 0 aliphatic heterocycles. The van der Waals surface area contributed by atoms with Gasteiger partial charge in [0.1, 0.15) is 11.4 Å². The van der Waals surface area contributed by atoms with Crippen LogP contribution in [0.15, 0.2) is 39.5 Å². The molecular weight excluding hydrogens is 270 g/mol. The van der Waals surface area contributed by atoms with E-state index in [1.807, 2.05) is 6.07 Å². The zero-order valence-electron chi connectivity index (χ0n) is 12.0. The third-order valence-corrected chi connectivity index (χ3v) is 3.15. The average molecular weight is 285 g/mol. The average Bonchev–Trinajstić information content (AvgIpc) is 2.41. The summed E-state index contributed by atoms with van der Waals surface area (Å²) in [7, 11) is 0. The fourth-order valence-electron chi connectivity index (χ4n) is 2.01. The van der Waals surface area contributed by atoms with E-state index in [4.69, 9.17) is 4.42 Å². The fraction of sp³-hybridized carbons (Fsp3) is 0.188. The molecule has 5 heteroatoms. The second-order valence-corrected chi connectivity index (χ2v) is 4.74. The highest BCUT2D eigenvalue weighted by Crippen LogP contribution is 2.14. The minimum absolute atomic E-state index is 0.0425. The van der Waals surface area contributed by atoms with Crippen LogP contribution in [0.25, 0.3) is 0 Å². The van der Waals surface area contributed by atoms with Crippen LogP contribution in [0, 0.1) is 13.8 Å². The summed E-state index contributed by atoms with van der Waals surface area (Å²) in [6.45, 7) is 4.70. The molecule has 0 spiro atoms. The number of ketones is 1. The van der Waals surface area contributed by atoms with E-state index < -0.39 is 11.5 Å². The summed E-state index contributed by atoms with van der Waals surface area (Å²) in [6, 6.07) is 8.36. The van der Waals surface area contributed by atoms with Gasteiger partial charge in [-0.25, -0.2) is 4.79 Å². The van der Waals surface area contributed by atoms with E-state index in [-0.39, 0.29) is 22.8 Å². The Bertz CT molecular complexity index is 774. The van der Waals surface area contributed by atoms with Gasteiger partial charge in [0.2, 0.25) is 0 Å². The summed E-state index contributed by atoms with van der Waals surface area (Å²) in [6.07, 6.45) is 0. The summed E-state index contributed by atoms with van der Waals surface area (Å²) in [4.78, 5) is 35.4. The Morgan fingerprint density at radius 3 is 2.38 bits per heavy atom. The fourth-order valence-corrected chi connectivity index (χ4v) is 2.01. The summed E-state index contributed by atoms with van der Waals surface area (Å²) < 4.78 is 4.98. The van der Waals surface area contributed by atoms with Crippen molar-refractivity contribution in [2.75, 3.05) is 5.32 Å². The van der Waals surface area contributed by atoms with Crippen LogP contribution < -0.4 is 10.9 Å². The molecule has 1 aromatic carbocycles. The maximum atomic E-state index is 12.2. The van der Waals surface area contributed by atoms with Crippen molar-refractivity contribution in [1.82, 2.24) is 0 Å². The number of hydrogen-bond acceptors (Lipinski definition) is 4. The van der Waals surface area contributed by atoms with E-state index in [9.17, 15) is 14.4 Å². The first kappa shape index (κ1) is 14.7. The molecule has 0 aliphatic carbocycles. The lowest BCUT2D eigenvalue weighted by atomic mass is 10.1. The Balaban J connectivity index is 2.38. The van der Waals surface area contributed by atoms with Crippen LogP contribution in [0.2, 0.25) is 0 Å². The quantitative estimate of drug-likeness (QED) is 0.880. The molecule has 0 saturated carbocycles. The van der Waals surface area contributed by atoms with E-state index >= 15 is 0 Å². The van der Waals surface area contributed by atoms with Gasteiger partial charge in [-0.05, 0) is 38.5 Å². The number of hydrogen-bond donors (Lipinski definition) is 1. The van der Waals surface area contributed by atoms with Crippen LogP contribution in [0.4, 0.5) is 5.69 Å². The molecule has 1 N–H and O–H groups in total. The van der Waals surface area contributed by atoms with Gasteiger partial charge >= 0.3 is 5.63 Å². The summed E-state index contributed by atoms with van der Waals surface area (Å²) in [5.74, 6) is -0.414. The number of aryl methyl sites for hydroxylation is 2. The Morgan fingerprint density at radius 1 is 1.10 bits per heavy atom. The van der Waals surface area contributed by atoms with Crippen molar-refractivity contribution >= 4 is 17.4 Å². The van der Waals surface area contributed by atoms with Gasteiger partial charge in [-0.1, -0.05) is 18.2 Å². The first-order valence-corrected chi connectivity index (χ1v) is 6.43. The SMILES string of the molecule is CC(=O)c1cc(NC(=O)c2ccccc2C)c(=O)oc1C. The number of nitrogens with one attached hydrogen (secondary N) is 1. The van der Waals surface area contributed by atoms with Crippen molar-refractivity contribution < 1.29 is 14.0 Å². The number of amides is 1. The lowest BCUT2D eigenvalue weighted by Gasteiger charge is -2.08. The molecule has 0 unspecified atom stereocenters. The zero-order chi connectivity index (χ0) is 15.6. The maximum Gasteiger partial charge on any atom is 0.359 e.